The minimum Gasteiger partial charge on any atom is -0.364 e. The third-order valence-corrected chi connectivity index (χ3v) is 4.89. The predicted molar refractivity (Wildman–Crippen MR) is 113 cm³/mol. The summed E-state index contributed by atoms with van der Waals surface area (Å²) in [4.78, 5) is 19.5. The van der Waals surface area contributed by atoms with Crippen LogP contribution in [0.2, 0.25) is 0 Å². The Morgan fingerprint density at radius 1 is 1.15 bits per heavy atom. The van der Waals surface area contributed by atoms with Crippen molar-refractivity contribution in [3.8, 4) is 22.9 Å². The minimum absolute atomic E-state index is 0.0614. The smallest absolute Gasteiger partial charge is 0.245 e. The summed E-state index contributed by atoms with van der Waals surface area (Å²) >= 11 is 0. The first-order chi connectivity index (χ1) is 16.1. The molecule has 10 nitrogen and oxygen atoms in total. The van der Waals surface area contributed by atoms with Gasteiger partial charge in [0.2, 0.25) is 5.91 Å². The maximum Gasteiger partial charge on any atom is 0.245 e. The van der Waals surface area contributed by atoms with Crippen LogP contribution in [0.1, 0.15) is 12.0 Å². The molecule has 33 heavy (non-hydrogen) atoms. The summed E-state index contributed by atoms with van der Waals surface area (Å²) in [5.41, 5.74) is 4.67. The fraction of sp³-hybridized carbons (Fsp3) is 0.143. The number of hydrazone groups is 1. The highest BCUT2D eigenvalue weighted by Gasteiger charge is 2.19. The van der Waals surface area contributed by atoms with Crippen molar-refractivity contribution in [2.24, 2.45) is 5.10 Å². The quantitative estimate of drug-likeness (QED) is 0.444. The van der Waals surface area contributed by atoms with Gasteiger partial charge in [-0.1, -0.05) is 23.4 Å². The molecule has 0 fully saturated rings. The monoisotopic (exact) mass is 450 g/mol. The summed E-state index contributed by atoms with van der Waals surface area (Å²) in [6.45, 7) is 0.264. The second kappa shape index (κ2) is 8.57. The molecule has 0 bridgehead atoms. The van der Waals surface area contributed by atoms with Crippen LogP contribution in [0, 0.1) is 11.6 Å². The van der Waals surface area contributed by atoms with E-state index in [4.69, 9.17) is 4.52 Å². The Bertz CT molecular complexity index is 1350. The van der Waals surface area contributed by atoms with Crippen molar-refractivity contribution < 1.29 is 18.1 Å². The Labute approximate surface area is 185 Å². The number of hydrogen-bond acceptors (Lipinski definition) is 8. The summed E-state index contributed by atoms with van der Waals surface area (Å²) in [5, 5.41) is 15.1. The molecule has 0 aliphatic carbocycles. The van der Waals surface area contributed by atoms with Gasteiger partial charge in [-0.15, -0.1) is 0 Å². The Morgan fingerprint density at radius 3 is 2.79 bits per heavy atom. The summed E-state index contributed by atoms with van der Waals surface area (Å²) in [5.74, 6) is -1.17. The molecule has 4 heterocycles. The Hall–Kier alpha value is -4.48. The molecule has 0 atom stereocenters. The standard InChI is InChI=1S/C21H16F2N8O2/c22-14-4-2-1-3-12(14)11-31-18(16-5-6-33-30-16)8-17(29-31)21-25-10-15(23)20(26-21)24-9-13-7-19(32)28-27-13/h1-6,8,10H,7,9,11H2,(H,28,32)(H,24,25,26). The molecule has 0 saturated carbocycles. The predicted octanol–water partition coefficient (Wildman–Crippen LogP) is 2.61. The lowest BCUT2D eigenvalue weighted by atomic mass is 10.2. The van der Waals surface area contributed by atoms with E-state index < -0.39 is 5.82 Å². The van der Waals surface area contributed by atoms with E-state index in [0.717, 1.165) is 6.20 Å². The zero-order valence-corrected chi connectivity index (χ0v) is 17.0. The number of hydrogen-bond donors (Lipinski definition) is 2. The van der Waals surface area contributed by atoms with Crippen LogP contribution in [0.5, 0.6) is 0 Å². The van der Waals surface area contributed by atoms with Crippen LogP contribution >= 0.6 is 0 Å². The van der Waals surface area contributed by atoms with Crippen LogP contribution in [0.25, 0.3) is 22.9 Å². The topological polar surface area (TPSA) is 123 Å². The minimum atomic E-state index is -0.667. The Kier molecular flexibility index (Phi) is 5.30. The second-order valence-electron chi connectivity index (χ2n) is 7.18. The van der Waals surface area contributed by atoms with Crippen molar-refractivity contribution >= 4 is 17.4 Å². The number of carbonyl (C=O) groups excluding carboxylic acids is 1. The maximum atomic E-state index is 14.3. The largest absolute Gasteiger partial charge is 0.364 e. The average molecular weight is 450 g/mol. The molecule has 0 unspecified atom stereocenters. The van der Waals surface area contributed by atoms with Crippen LogP contribution in [-0.4, -0.2) is 43.1 Å². The molecule has 0 saturated heterocycles. The molecular formula is C21H16F2N8O2. The fourth-order valence-corrected chi connectivity index (χ4v) is 3.29. The molecule has 1 aliphatic heterocycles. The van der Waals surface area contributed by atoms with Gasteiger partial charge in [0.25, 0.3) is 0 Å². The van der Waals surface area contributed by atoms with Gasteiger partial charge in [-0.3, -0.25) is 9.48 Å². The number of nitrogens with one attached hydrogen (secondary N) is 2. The average Bonchev–Trinajstić information content (AvgIpc) is 3.56. The molecule has 0 spiro atoms. The molecule has 1 aliphatic rings. The first-order valence-corrected chi connectivity index (χ1v) is 9.90. The maximum absolute atomic E-state index is 14.3. The summed E-state index contributed by atoms with van der Waals surface area (Å²) < 4.78 is 35.0. The number of aromatic nitrogens is 5. The van der Waals surface area contributed by atoms with Crippen molar-refractivity contribution in [2.45, 2.75) is 13.0 Å². The Balaban J connectivity index is 1.46. The third-order valence-electron chi connectivity index (χ3n) is 4.89. The van der Waals surface area contributed by atoms with Crippen molar-refractivity contribution in [1.82, 2.24) is 30.3 Å². The first kappa shape index (κ1) is 20.4. The van der Waals surface area contributed by atoms with E-state index in [1.54, 1.807) is 35.0 Å². The molecular weight excluding hydrogens is 434 g/mol. The zero-order chi connectivity index (χ0) is 22.8. The number of amides is 1. The zero-order valence-electron chi connectivity index (χ0n) is 17.0. The third kappa shape index (κ3) is 4.31. The van der Waals surface area contributed by atoms with E-state index in [1.807, 2.05) is 0 Å². The van der Waals surface area contributed by atoms with Gasteiger partial charge in [0.1, 0.15) is 23.5 Å². The summed E-state index contributed by atoms with van der Waals surface area (Å²) in [7, 11) is 0. The van der Waals surface area contributed by atoms with Crippen molar-refractivity contribution in [2.75, 3.05) is 11.9 Å². The normalized spacial score (nSPS) is 13.2. The highest BCUT2D eigenvalue weighted by molar-refractivity contribution is 6.06. The van der Waals surface area contributed by atoms with Crippen LogP contribution in [0.4, 0.5) is 14.6 Å². The van der Waals surface area contributed by atoms with E-state index in [2.05, 4.69) is 36.1 Å². The summed E-state index contributed by atoms with van der Waals surface area (Å²) in [6.07, 6.45) is 2.57. The molecule has 3 aromatic heterocycles. The molecule has 4 aromatic rings. The number of nitrogens with zero attached hydrogens (tertiary/aromatic N) is 6. The van der Waals surface area contributed by atoms with Gasteiger partial charge in [0, 0.05) is 11.6 Å². The van der Waals surface area contributed by atoms with E-state index in [1.165, 1.54) is 12.3 Å². The number of benzene rings is 1. The number of anilines is 1. The van der Waals surface area contributed by atoms with Crippen LogP contribution in [-0.2, 0) is 11.3 Å². The molecule has 12 heteroatoms. The number of rotatable bonds is 7. The first-order valence-electron chi connectivity index (χ1n) is 9.90. The highest BCUT2D eigenvalue weighted by atomic mass is 19.1. The van der Waals surface area contributed by atoms with E-state index in [0.29, 0.717) is 28.4 Å². The van der Waals surface area contributed by atoms with Gasteiger partial charge >= 0.3 is 0 Å². The molecule has 5 rings (SSSR count). The van der Waals surface area contributed by atoms with Gasteiger partial charge in [-0.2, -0.15) is 10.2 Å². The van der Waals surface area contributed by atoms with Gasteiger partial charge in [-0.05, 0) is 12.1 Å². The lowest BCUT2D eigenvalue weighted by Gasteiger charge is -2.07. The van der Waals surface area contributed by atoms with Crippen LogP contribution in [0.3, 0.4) is 0 Å². The van der Waals surface area contributed by atoms with E-state index in [-0.39, 0.29) is 42.9 Å². The van der Waals surface area contributed by atoms with Crippen LogP contribution in [0.15, 0.2) is 58.5 Å². The molecule has 2 N–H and O–H groups in total. The molecule has 166 valence electrons. The number of carbonyl (C=O) groups is 1. The van der Waals surface area contributed by atoms with Crippen molar-refractivity contribution in [3.63, 3.8) is 0 Å². The van der Waals surface area contributed by atoms with E-state index >= 15 is 0 Å². The molecule has 1 amide bonds. The fourth-order valence-electron chi connectivity index (χ4n) is 3.29. The lowest BCUT2D eigenvalue weighted by molar-refractivity contribution is -0.119. The van der Waals surface area contributed by atoms with Crippen molar-refractivity contribution in [3.05, 3.63) is 66.1 Å². The van der Waals surface area contributed by atoms with Gasteiger partial charge in [0.05, 0.1) is 37.1 Å². The molecule has 1 aromatic carbocycles. The second-order valence-corrected chi connectivity index (χ2v) is 7.18. The SMILES string of the molecule is O=C1CC(CNc2nc(-c3cc(-c4ccon4)n(Cc4ccccc4F)n3)ncc2F)=NN1. The number of halogens is 2. The molecule has 0 radical (unpaired) electrons. The lowest BCUT2D eigenvalue weighted by Crippen LogP contribution is -2.15. The van der Waals surface area contributed by atoms with Crippen molar-refractivity contribution in [1.29, 1.82) is 0 Å². The van der Waals surface area contributed by atoms with Gasteiger partial charge in [0.15, 0.2) is 17.5 Å². The van der Waals surface area contributed by atoms with Gasteiger partial charge in [-0.25, -0.2) is 24.2 Å². The van der Waals surface area contributed by atoms with Crippen LogP contribution < -0.4 is 10.7 Å². The summed E-state index contributed by atoms with van der Waals surface area (Å²) in [6, 6.07) is 9.68. The van der Waals surface area contributed by atoms with Gasteiger partial charge < -0.3 is 9.84 Å². The van der Waals surface area contributed by atoms with E-state index in [9.17, 15) is 13.6 Å². The highest BCUT2D eigenvalue weighted by Crippen LogP contribution is 2.26. The Morgan fingerprint density at radius 2 is 2.03 bits per heavy atom.